The van der Waals surface area contributed by atoms with Crippen molar-refractivity contribution in [3.63, 3.8) is 0 Å². The van der Waals surface area contributed by atoms with E-state index in [1.807, 2.05) is 25.1 Å². The van der Waals surface area contributed by atoms with E-state index in [1.165, 1.54) is 6.33 Å². The lowest BCUT2D eigenvalue weighted by molar-refractivity contribution is 0.383. The van der Waals surface area contributed by atoms with Crippen LogP contribution in [0.25, 0.3) is 5.78 Å². The Labute approximate surface area is 164 Å². The highest BCUT2D eigenvalue weighted by Crippen LogP contribution is 2.23. The summed E-state index contributed by atoms with van der Waals surface area (Å²) in [5.74, 6) is 1.81. The van der Waals surface area contributed by atoms with Crippen LogP contribution in [0.15, 0.2) is 41.6 Å². The van der Waals surface area contributed by atoms with E-state index >= 15 is 0 Å². The van der Waals surface area contributed by atoms with E-state index in [0.717, 1.165) is 17.1 Å². The molecule has 3 aromatic rings. The van der Waals surface area contributed by atoms with Crippen LogP contribution in [0.3, 0.4) is 0 Å². The molecule has 1 fully saturated rings. The van der Waals surface area contributed by atoms with Crippen LogP contribution in [-0.2, 0) is 10.0 Å². The number of sulfonamides is 1. The second-order valence-electron chi connectivity index (χ2n) is 7.34. The third kappa shape index (κ3) is 3.35. The van der Waals surface area contributed by atoms with Gasteiger partial charge in [0.05, 0.1) is 4.90 Å². The van der Waals surface area contributed by atoms with E-state index < -0.39 is 10.0 Å². The van der Waals surface area contributed by atoms with Gasteiger partial charge in [-0.05, 0) is 30.5 Å². The molecule has 0 amide bonds. The number of nitrogens with zero attached hydrogens (tertiary/aromatic N) is 6. The number of hydrogen-bond donors (Lipinski definition) is 0. The molecule has 148 valence electrons. The van der Waals surface area contributed by atoms with Crippen molar-refractivity contribution in [1.29, 1.82) is 0 Å². The summed E-state index contributed by atoms with van der Waals surface area (Å²) in [5.41, 5.74) is 1.99. The Bertz CT molecular complexity index is 1080. The minimum absolute atomic E-state index is 0.351. The molecule has 0 saturated carbocycles. The van der Waals surface area contributed by atoms with Gasteiger partial charge in [0.25, 0.3) is 5.78 Å². The lowest BCUT2D eigenvalue weighted by Crippen LogP contribution is -2.49. The van der Waals surface area contributed by atoms with Gasteiger partial charge in [-0.1, -0.05) is 26.0 Å². The molecule has 4 rings (SSSR count). The Morgan fingerprint density at radius 1 is 1.04 bits per heavy atom. The zero-order valence-corrected chi connectivity index (χ0v) is 17.1. The van der Waals surface area contributed by atoms with Crippen LogP contribution in [-0.4, -0.2) is 58.5 Å². The predicted octanol–water partition coefficient (Wildman–Crippen LogP) is 2.07. The maximum Gasteiger partial charge on any atom is 0.254 e. The molecule has 9 heteroatoms. The highest BCUT2D eigenvalue weighted by Gasteiger charge is 2.29. The number of aryl methyl sites for hydroxylation is 1. The van der Waals surface area contributed by atoms with Crippen LogP contribution in [0.4, 0.5) is 5.82 Å². The van der Waals surface area contributed by atoms with Gasteiger partial charge in [-0.2, -0.15) is 18.9 Å². The van der Waals surface area contributed by atoms with E-state index in [-0.39, 0.29) is 0 Å². The van der Waals surface area contributed by atoms with Gasteiger partial charge in [-0.3, -0.25) is 0 Å². The first-order chi connectivity index (χ1) is 13.4. The average molecular weight is 401 g/mol. The molecule has 0 bridgehead atoms. The lowest BCUT2D eigenvalue weighted by Gasteiger charge is -2.35. The van der Waals surface area contributed by atoms with Gasteiger partial charge < -0.3 is 4.90 Å². The minimum Gasteiger partial charge on any atom is -0.354 e. The quantitative estimate of drug-likeness (QED) is 0.667. The van der Waals surface area contributed by atoms with Crippen molar-refractivity contribution in [1.82, 2.24) is 23.9 Å². The van der Waals surface area contributed by atoms with E-state index in [0.29, 0.717) is 42.8 Å². The second-order valence-corrected chi connectivity index (χ2v) is 9.28. The molecule has 0 aliphatic carbocycles. The molecule has 0 atom stereocenters. The summed E-state index contributed by atoms with van der Waals surface area (Å²) in [7, 11) is -3.49. The maximum atomic E-state index is 13.0. The third-order valence-electron chi connectivity index (χ3n) is 5.11. The van der Waals surface area contributed by atoms with Gasteiger partial charge in [0, 0.05) is 37.9 Å². The van der Waals surface area contributed by atoms with Crippen LogP contribution < -0.4 is 4.90 Å². The molecule has 0 radical (unpaired) electrons. The predicted molar refractivity (Wildman–Crippen MR) is 107 cm³/mol. The molecule has 3 heterocycles. The molecule has 0 unspecified atom stereocenters. The number of aromatic nitrogens is 4. The molecule has 8 nitrogen and oxygen atoms in total. The van der Waals surface area contributed by atoms with Gasteiger partial charge >= 0.3 is 0 Å². The Morgan fingerprint density at radius 3 is 2.36 bits per heavy atom. The molecular weight excluding hydrogens is 376 g/mol. The second kappa shape index (κ2) is 7.14. The fourth-order valence-corrected chi connectivity index (χ4v) is 4.89. The Kier molecular flexibility index (Phi) is 4.80. The lowest BCUT2D eigenvalue weighted by atomic mass is 10.0. The summed E-state index contributed by atoms with van der Waals surface area (Å²) in [4.78, 5) is 11.0. The molecular formula is C19H24N6O2S. The number of rotatable bonds is 4. The molecule has 1 saturated heterocycles. The summed E-state index contributed by atoms with van der Waals surface area (Å²) in [6, 6.07) is 9.17. The van der Waals surface area contributed by atoms with Crippen molar-refractivity contribution in [2.75, 3.05) is 31.1 Å². The fraction of sp³-hybridized carbons (Fsp3) is 0.421. The molecule has 28 heavy (non-hydrogen) atoms. The summed E-state index contributed by atoms with van der Waals surface area (Å²) >= 11 is 0. The van der Waals surface area contributed by atoms with Gasteiger partial charge in [-0.15, -0.1) is 0 Å². The van der Waals surface area contributed by atoms with Crippen molar-refractivity contribution in [2.24, 2.45) is 0 Å². The van der Waals surface area contributed by atoms with E-state index in [9.17, 15) is 8.42 Å². The smallest absolute Gasteiger partial charge is 0.254 e. The Morgan fingerprint density at radius 2 is 1.71 bits per heavy atom. The summed E-state index contributed by atoms with van der Waals surface area (Å²) < 4.78 is 29.3. The number of anilines is 1. The van der Waals surface area contributed by atoms with Crippen molar-refractivity contribution in [3.8, 4) is 0 Å². The third-order valence-corrected chi connectivity index (χ3v) is 7.02. The number of piperazine rings is 1. The van der Waals surface area contributed by atoms with E-state index in [1.54, 1.807) is 21.0 Å². The number of hydrogen-bond acceptors (Lipinski definition) is 6. The largest absolute Gasteiger partial charge is 0.354 e. The van der Waals surface area contributed by atoms with E-state index in [2.05, 4.69) is 33.8 Å². The first kappa shape index (κ1) is 18.8. The highest BCUT2D eigenvalue weighted by molar-refractivity contribution is 7.89. The van der Waals surface area contributed by atoms with Crippen LogP contribution >= 0.6 is 0 Å². The number of benzene rings is 1. The molecule has 0 N–H and O–H groups in total. The molecule has 0 spiro atoms. The minimum atomic E-state index is -3.49. The average Bonchev–Trinajstić information content (AvgIpc) is 3.16. The molecule has 1 aliphatic rings. The van der Waals surface area contributed by atoms with Crippen LogP contribution in [0, 0.1) is 6.92 Å². The first-order valence-electron chi connectivity index (χ1n) is 9.39. The molecule has 1 aliphatic heterocycles. The van der Waals surface area contributed by atoms with Crippen molar-refractivity contribution < 1.29 is 8.42 Å². The zero-order chi connectivity index (χ0) is 19.9. The first-order valence-corrected chi connectivity index (χ1v) is 10.8. The van der Waals surface area contributed by atoms with Crippen LogP contribution in [0.2, 0.25) is 0 Å². The van der Waals surface area contributed by atoms with Crippen LogP contribution in [0.1, 0.15) is 31.0 Å². The highest BCUT2D eigenvalue weighted by atomic mass is 32.2. The topological polar surface area (TPSA) is 83.7 Å². The molecule has 2 aromatic heterocycles. The maximum absolute atomic E-state index is 13.0. The van der Waals surface area contributed by atoms with Crippen LogP contribution in [0.5, 0.6) is 0 Å². The van der Waals surface area contributed by atoms with Crippen molar-refractivity contribution >= 4 is 21.6 Å². The summed E-state index contributed by atoms with van der Waals surface area (Å²) in [6.45, 7) is 8.12. The van der Waals surface area contributed by atoms with Gasteiger partial charge in [-0.25, -0.2) is 13.4 Å². The van der Waals surface area contributed by atoms with Gasteiger partial charge in [0.1, 0.15) is 12.1 Å². The monoisotopic (exact) mass is 400 g/mol. The summed E-state index contributed by atoms with van der Waals surface area (Å²) in [5, 5.41) is 4.24. The number of fused-ring (bicyclic) bond motifs is 1. The van der Waals surface area contributed by atoms with Gasteiger partial charge in [0.15, 0.2) is 0 Å². The normalized spacial score (nSPS) is 16.2. The zero-order valence-electron chi connectivity index (χ0n) is 16.3. The van der Waals surface area contributed by atoms with E-state index in [4.69, 9.17) is 0 Å². The standard InChI is InChI=1S/C19H24N6O2S/c1-14(2)16-4-6-17(7-5-16)28(26,27)24-10-8-23(9-11-24)18-12-15(3)22-19-20-13-21-25(18)19/h4-7,12-14H,8-11H2,1-3H3. The summed E-state index contributed by atoms with van der Waals surface area (Å²) in [6.07, 6.45) is 1.48. The SMILES string of the molecule is Cc1cc(N2CCN(S(=O)(=O)c3ccc(C(C)C)cc3)CC2)n2ncnc2n1. The fourth-order valence-electron chi connectivity index (χ4n) is 3.47. The van der Waals surface area contributed by atoms with Crippen molar-refractivity contribution in [2.45, 2.75) is 31.6 Å². The molecule has 1 aromatic carbocycles. The van der Waals surface area contributed by atoms with Crippen molar-refractivity contribution in [3.05, 3.63) is 47.9 Å². The Balaban J connectivity index is 1.52. The Hall–Kier alpha value is -2.52. The van der Waals surface area contributed by atoms with Gasteiger partial charge in [0.2, 0.25) is 10.0 Å².